The maximum atomic E-state index is 5.91. The number of nitrogens with zero attached hydrogens (tertiary/aromatic N) is 1. The first-order chi connectivity index (χ1) is 8.06. The average molecular weight is 230 g/mol. The van der Waals surface area contributed by atoms with Gasteiger partial charge in [0.2, 0.25) is 0 Å². The SMILES string of the molecule is Cc1ccc(CN(C)c2ccc(C)c(N)c2)o1. The normalized spacial score (nSPS) is 10.5. The Morgan fingerprint density at radius 2 is 1.94 bits per heavy atom. The van der Waals surface area contributed by atoms with Crippen LogP contribution in [0.4, 0.5) is 11.4 Å². The monoisotopic (exact) mass is 230 g/mol. The molecule has 1 aromatic heterocycles. The minimum Gasteiger partial charge on any atom is -0.464 e. The fourth-order valence-electron chi connectivity index (χ4n) is 1.76. The second-order valence-electron chi connectivity index (χ2n) is 4.41. The maximum absolute atomic E-state index is 5.91. The van der Waals surface area contributed by atoms with Crippen LogP contribution in [0.3, 0.4) is 0 Å². The number of anilines is 2. The Labute approximate surface area is 102 Å². The number of benzene rings is 1. The number of furan rings is 1. The molecule has 0 saturated carbocycles. The van der Waals surface area contributed by atoms with Crippen molar-refractivity contribution in [1.29, 1.82) is 0 Å². The third-order valence-electron chi connectivity index (χ3n) is 2.89. The van der Waals surface area contributed by atoms with Crippen LogP contribution in [0.15, 0.2) is 34.7 Å². The van der Waals surface area contributed by atoms with Gasteiger partial charge < -0.3 is 15.1 Å². The lowest BCUT2D eigenvalue weighted by molar-refractivity contribution is 0.482. The highest BCUT2D eigenvalue weighted by molar-refractivity contribution is 5.59. The third kappa shape index (κ3) is 2.61. The first-order valence-electron chi connectivity index (χ1n) is 5.69. The molecule has 2 N–H and O–H groups in total. The van der Waals surface area contributed by atoms with Crippen molar-refractivity contribution in [2.75, 3.05) is 17.7 Å². The van der Waals surface area contributed by atoms with E-state index in [1.54, 1.807) is 0 Å². The Morgan fingerprint density at radius 1 is 1.18 bits per heavy atom. The van der Waals surface area contributed by atoms with Gasteiger partial charge in [-0.2, -0.15) is 0 Å². The van der Waals surface area contributed by atoms with Crippen molar-refractivity contribution in [3.63, 3.8) is 0 Å². The van der Waals surface area contributed by atoms with Crippen molar-refractivity contribution in [3.05, 3.63) is 47.4 Å². The molecule has 2 aromatic rings. The first kappa shape index (κ1) is 11.6. The van der Waals surface area contributed by atoms with E-state index in [4.69, 9.17) is 10.2 Å². The highest BCUT2D eigenvalue weighted by Crippen LogP contribution is 2.21. The standard InChI is InChI=1S/C14H18N2O/c1-10-4-6-12(8-14(10)15)16(3)9-13-7-5-11(2)17-13/h4-8H,9,15H2,1-3H3. The van der Waals surface area contributed by atoms with Crippen LogP contribution < -0.4 is 10.6 Å². The fraction of sp³-hybridized carbons (Fsp3) is 0.286. The smallest absolute Gasteiger partial charge is 0.123 e. The third-order valence-corrected chi connectivity index (χ3v) is 2.89. The van der Waals surface area contributed by atoms with Gasteiger partial charge in [0, 0.05) is 18.4 Å². The first-order valence-corrected chi connectivity index (χ1v) is 5.69. The second-order valence-corrected chi connectivity index (χ2v) is 4.41. The predicted octanol–water partition coefficient (Wildman–Crippen LogP) is 3.12. The Balaban J connectivity index is 2.14. The molecule has 0 unspecified atom stereocenters. The van der Waals surface area contributed by atoms with Crippen molar-refractivity contribution in [3.8, 4) is 0 Å². The number of hydrogen-bond donors (Lipinski definition) is 1. The maximum Gasteiger partial charge on any atom is 0.123 e. The van der Waals surface area contributed by atoms with Gasteiger partial charge in [-0.25, -0.2) is 0 Å². The van der Waals surface area contributed by atoms with Gasteiger partial charge in [-0.05, 0) is 43.7 Å². The summed E-state index contributed by atoms with van der Waals surface area (Å²) in [6.45, 7) is 4.71. The lowest BCUT2D eigenvalue weighted by atomic mass is 10.2. The van der Waals surface area contributed by atoms with Crippen LogP contribution in [-0.2, 0) is 6.54 Å². The summed E-state index contributed by atoms with van der Waals surface area (Å²) in [5.74, 6) is 1.90. The van der Waals surface area contributed by atoms with Crippen LogP contribution >= 0.6 is 0 Å². The van der Waals surface area contributed by atoms with E-state index in [2.05, 4.69) is 11.0 Å². The number of nitrogens with two attached hydrogens (primary N) is 1. The van der Waals surface area contributed by atoms with E-state index in [1.165, 1.54) is 0 Å². The van der Waals surface area contributed by atoms with Gasteiger partial charge in [-0.3, -0.25) is 0 Å². The molecule has 0 fully saturated rings. The molecule has 90 valence electrons. The lowest BCUT2D eigenvalue weighted by Crippen LogP contribution is -2.16. The van der Waals surface area contributed by atoms with E-state index >= 15 is 0 Å². The molecule has 1 aromatic carbocycles. The Hall–Kier alpha value is -1.90. The molecule has 0 radical (unpaired) electrons. The van der Waals surface area contributed by atoms with E-state index in [0.29, 0.717) is 0 Å². The molecule has 3 nitrogen and oxygen atoms in total. The van der Waals surface area contributed by atoms with Crippen LogP contribution in [-0.4, -0.2) is 7.05 Å². The highest BCUT2D eigenvalue weighted by atomic mass is 16.3. The van der Waals surface area contributed by atoms with Crippen molar-refractivity contribution >= 4 is 11.4 Å². The predicted molar refractivity (Wildman–Crippen MR) is 71.1 cm³/mol. The molecule has 0 aliphatic rings. The van der Waals surface area contributed by atoms with Crippen molar-refractivity contribution < 1.29 is 4.42 Å². The molecule has 0 spiro atoms. The lowest BCUT2D eigenvalue weighted by Gasteiger charge is -2.18. The molecule has 3 heteroatoms. The van der Waals surface area contributed by atoms with Crippen molar-refractivity contribution in [2.24, 2.45) is 0 Å². The number of rotatable bonds is 3. The summed E-state index contributed by atoms with van der Waals surface area (Å²) in [5, 5.41) is 0. The molecular weight excluding hydrogens is 212 g/mol. The second kappa shape index (κ2) is 4.53. The van der Waals surface area contributed by atoms with E-state index < -0.39 is 0 Å². The highest BCUT2D eigenvalue weighted by Gasteiger charge is 2.06. The molecule has 0 saturated heterocycles. The van der Waals surface area contributed by atoms with Crippen molar-refractivity contribution in [1.82, 2.24) is 0 Å². The van der Waals surface area contributed by atoms with Crippen LogP contribution in [0.2, 0.25) is 0 Å². The molecular formula is C14H18N2O. The van der Waals surface area contributed by atoms with Crippen LogP contribution in [0.1, 0.15) is 17.1 Å². The molecule has 0 atom stereocenters. The molecule has 17 heavy (non-hydrogen) atoms. The molecule has 2 rings (SSSR count). The van der Waals surface area contributed by atoms with Gasteiger partial charge in [0.05, 0.1) is 6.54 Å². The number of nitrogen functional groups attached to an aromatic ring is 1. The Kier molecular flexibility index (Phi) is 3.09. The summed E-state index contributed by atoms with van der Waals surface area (Å²) in [6, 6.07) is 10.1. The van der Waals surface area contributed by atoms with E-state index in [9.17, 15) is 0 Å². The molecule has 0 amide bonds. The Morgan fingerprint density at radius 3 is 2.53 bits per heavy atom. The minimum atomic E-state index is 0.746. The van der Waals surface area contributed by atoms with Gasteiger partial charge in [-0.1, -0.05) is 6.07 Å². The summed E-state index contributed by atoms with van der Waals surface area (Å²) in [7, 11) is 2.03. The molecule has 1 heterocycles. The zero-order valence-corrected chi connectivity index (χ0v) is 10.5. The fourth-order valence-corrected chi connectivity index (χ4v) is 1.76. The number of hydrogen-bond acceptors (Lipinski definition) is 3. The van der Waals surface area contributed by atoms with Crippen LogP contribution in [0.25, 0.3) is 0 Å². The quantitative estimate of drug-likeness (QED) is 0.824. The average Bonchev–Trinajstić information content (AvgIpc) is 2.68. The molecule has 0 aliphatic heterocycles. The summed E-state index contributed by atoms with van der Waals surface area (Å²) in [4.78, 5) is 2.12. The Bertz CT molecular complexity index is 517. The van der Waals surface area contributed by atoms with Gasteiger partial charge in [0.15, 0.2) is 0 Å². The van der Waals surface area contributed by atoms with E-state index in [0.717, 1.165) is 35.0 Å². The van der Waals surface area contributed by atoms with Gasteiger partial charge in [-0.15, -0.1) is 0 Å². The largest absolute Gasteiger partial charge is 0.464 e. The molecule has 0 aliphatic carbocycles. The topological polar surface area (TPSA) is 42.4 Å². The summed E-state index contributed by atoms with van der Waals surface area (Å²) < 4.78 is 5.56. The zero-order chi connectivity index (χ0) is 12.4. The van der Waals surface area contributed by atoms with E-state index in [-0.39, 0.29) is 0 Å². The molecule has 0 bridgehead atoms. The summed E-state index contributed by atoms with van der Waals surface area (Å²) in [6.07, 6.45) is 0. The van der Waals surface area contributed by atoms with Gasteiger partial charge >= 0.3 is 0 Å². The zero-order valence-electron chi connectivity index (χ0n) is 10.5. The van der Waals surface area contributed by atoms with Crippen molar-refractivity contribution in [2.45, 2.75) is 20.4 Å². The van der Waals surface area contributed by atoms with Crippen LogP contribution in [0.5, 0.6) is 0 Å². The van der Waals surface area contributed by atoms with Crippen LogP contribution in [0, 0.1) is 13.8 Å². The number of aryl methyl sites for hydroxylation is 2. The van der Waals surface area contributed by atoms with Gasteiger partial charge in [0.1, 0.15) is 11.5 Å². The summed E-state index contributed by atoms with van der Waals surface area (Å²) >= 11 is 0. The van der Waals surface area contributed by atoms with E-state index in [1.807, 2.05) is 45.2 Å². The van der Waals surface area contributed by atoms with Gasteiger partial charge in [0.25, 0.3) is 0 Å². The minimum absolute atomic E-state index is 0.746. The summed E-state index contributed by atoms with van der Waals surface area (Å²) in [5.41, 5.74) is 8.94.